The molecule has 0 spiro atoms. The predicted molar refractivity (Wildman–Crippen MR) is 54.5 cm³/mol. The molecule has 0 amide bonds. The van der Waals surface area contributed by atoms with E-state index in [2.05, 4.69) is 42.3 Å². The molecule has 0 aliphatic rings. The van der Waals surface area contributed by atoms with Crippen LogP contribution in [0.5, 0.6) is 0 Å². The Labute approximate surface area is 75.3 Å². The zero-order valence-corrected chi connectivity index (χ0v) is 7.66. The van der Waals surface area contributed by atoms with Gasteiger partial charge in [-0.15, -0.1) is 11.3 Å². The van der Waals surface area contributed by atoms with Gasteiger partial charge in [-0.1, -0.05) is 12.1 Å². The summed E-state index contributed by atoms with van der Waals surface area (Å²) in [5, 5.41) is 3.45. The third-order valence-corrected chi connectivity index (χ3v) is 2.95. The second-order valence-corrected chi connectivity index (χ2v) is 3.71. The van der Waals surface area contributed by atoms with Gasteiger partial charge in [0.2, 0.25) is 0 Å². The molecule has 0 saturated heterocycles. The highest BCUT2D eigenvalue weighted by atomic mass is 32.1. The van der Waals surface area contributed by atoms with Crippen molar-refractivity contribution in [2.75, 3.05) is 0 Å². The lowest BCUT2D eigenvalue weighted by Gasteiger charge is -1.94. The quantitative estimate of drug-likeness (QED) is 0.639. The smallest absolute Gasteiger partial charge is 0.0345 e. The van der Waals surface area contributed by atoms with Crippen LogP contribution in [0.25, 0.3) is 10.1 Å². The Hall–Kier alpha value is -0.470. The molecular weight excluding hydrogens is 172 g/mol. The van der Waals surface area contributed by atoms with Gasteiger partial charge in [-0.3, -0.25) is 0 Å². The Morgan fingerprint density at radius 3 is 3.00 bits per heavy atom. The standard InChI is InChI=1S/C9H8S2/c10-6-7-1-2-8-3-4-11-9(8)5-7/h1-5,10H,6H2. The molecule has 0 atom stereocenters. The van der Waals surface area contributed by atoms with Crippen LogP contribution in [0.1, 0.15) is 5.56 Å². The second kappa shape index (κ2) is 2.88. The molecule has 56 valence electrons. The van der Waals surface area contributed by atoms with Crippen LogP contribution < -0.4 is 0 Å². The van der Waals surface area contributed by atoms with E-state index in [1.165, 1.54) is 15.6 Å². The minimum absolute atomic E-state index is 0.827. The summed E-state index contributed by atoms with van der Waals surface area (Å²) in [5.41, 5.74) is 1.29. The summed E-state index contributed by atoms with van der Waals surface area (Å²) >= 11 is 6.00. The van der Waals surface area contributed by atoms with Crippen LogP contribution >= 0.6 is 24.0 Å². The van der Waals surface area contributed by atoms with Crippen molar-refractivity contribution >= 4 is 34.1 Å². The van der Waals surface area contributed by atoms with E-state index in [1.54, 1.807) is 11.3 Å². The fourth-order valence-corrected chi connectivity index (χ4v) is 2.15. The Morgan fingerprint density at radius 1 is 1.27 bits per heavy atom. The number of rotatable bonds is 1. The molecule has 0 aliphatic heterocycles. The lowest BCUT2D eigenvalue weighted by atomic mass is 10.2. The van der Waals surface area contributed by atoms with Gasteiger partial charge in [0.05, 0.1) is 0 Å². The molecule has 2 heteroatoms. The number of fused-ring (bicyclic) bond motifs is 1. The lowest BCUT2D eigenvalue weighted by Crippen LogP contribution is -1.73. The first-order chi connectivity index (χ1) is 5.40. The first-order valence-corrected chi connectivity index (χ1v) is 4.98. The highest BCUT2D eigenvalue weighted by molar-refractivity contribution is 7.79. The van der Waals surface area contributed by atoms with Gasteiger partial charge in [-0.05, 0) is 28.5 Å². The number of thiol groups is 1. The van der Waals surface area contributed by atoms with Gasteiger partial charge in [0.25, 0.3) is 0 Å². The average molecular weight is 180 g/mol. The van der Waals surface area contributed by atoms with Gasteiger partial charge in [0, 0.05) is 10.5 Å². The first kappa shape index (κ1) is 7.19. The molecule has 0 fully saturated rings. The van der Waals surface area contributed by atoms with Crippen LogP contribution in [-0.2, 0) is 5.75 Å². The summed E-state index contributed by atoms with van der Waals surface area (Å²) in [5.74, 6) is 0.827. The molecule has 0 saturated carbocycles. The van der Waals surface area contributed by atoms with Crippen molar-refractivity contribution in [1.82, 2.24) is 0 Å². The summed E-state index contributed by atoms with van der Waals surface area (Å²) in [7, 11) is 0. The molecule has 2 rings (SSSR count). The van der Waals surface area contributed by atoms with Crippen molar-refractivity contribution in [3.05, 3.63) is 35.2 Å². The topological polar surface area (TPSA) is 0 Å². The van der Waals surface area contributed by atoms with Crippen LogP contribution in [0, 0.1) is 0 Å². The lowest BCUT2D eigenvalue weighted by molar-refractivity contribution is 1.46. The van der Waals surface area contributed by atoms with E-state index in [-0.39, 0.29) is 0 Å². The van der Waals surface area contributed by atoms with E-state index in [9.17, 15) is 0 Å². The van der Waals surface area contributed by atoms with Crippen LogP contribution in [0.15, 0.2) is 29.6 Å². The largest absolute Gasteiger partial charge is 0.175 e. The van der Waals surface area contributed by atoms with Crippen LogP contribution in [-0.4, -0.2) is 0 Å². The van der Waals surface area contributed by atoms with Crippen molar-refractivity contribution in [1.29, 1.82) is 0 Å². The van der Waals surface area contributed by atoms with Gasteiger partial charge >= 0.3 is 0 Å². The minimum atomic E-state index is 0.827. The summed E-state index contributed by atoms with van der Waals surface area (Å²) < 4.78 is 1.36. The molecule has 0 N–H and O–H groups in total. The summed E-state index contributed by atoms with van der Waals surface area (Å²) in [6.07, 6.45) is 0. The number of benzene rings is 1. The second-order valence-electron chi connectivity index (χ2n) is 2.45. The van der Waals surface area contributed by atoms with Crippen LogP contribution in [0.4, 0.5) is 0 Å². The fraction of sp³-hybridized carbons (Fsp3) is 0.111. The van der Waals surface area contributed by atoms with Gasteiger partial charge < -0.3 is 0 Å². The Kier molecular flexibility index (Phi) is 1.88. The molecule has 0 unspecified atom stereocenters. The third-order valence-electron chi connectivity index (χ3n) is 1.70. The zero-order valence-electron chi connectivity index (χ0n) is 5.95. The van der Waals surface area contributed by atoms with Crippen molar-refractivity contribution in [2.45, 2.75) is 5.75 Å². The summed E-state index contributed by atoms with van der Waals surface area (Å²) in [6.45, 7) is 0. The maximum Gasteiger partial charge on any atom is 0.0345 e. The molecule has 1 heterocycles. The Balaban J connectivity index is 2.67. The SMILES string of the molecule is SCc1ccc2ccsc2c1. The van der Waals surface area contributed by atoms with E-state index >= 15 is 0 Å². The maximum absolute atomic E-state index is 4.22. The summed E-state index contributed by atoms with van der Waals surface area (Å²) in [6, 6.07) is 8.62. The fourth-order valence-electron chi connectivity index (χ4n) is 1.10. The average Bonchev–Trinajstić information content (AvgIpc) is 2.50. The molecule has 1 aromatic heterocycles. The van der Waals surface area contributed by atoms with Crippen molar-refractivity contribution in [3.8, 4) is 0 Å². The molecular formula is C9H8S2. The molecule has 0 nitrogen and oxygen atoms in total. The Bertz CT molecular complexity index is 362. The number of thiophene rings is 1. The van der Waals surface area contributed by atoms with Crippen LogP contribution in [0.2, 0.25) is 0 Å². The van der Waals surface area contributed by atoms with Crippen LogP contribution in [0.3, 0.4) is 0 Å². The number of hydrogen-bond donors (Lipinski definition) is 1. The summed E-state index contributed by atoms with van der Waals surface area (Å²) in [4.78, 5) is 0. The van der Waals surface area contributed by atoms with E-state index in [4.69, 9.17) is 0 Å². The van der Waals surface area contributed by atoms with Gasteiger partial charge in [-0.25, -0.2) is 0 Å². The van der Waals surface area contributed by atoms with Gasteiger partial charge in [0.1, 0.15) is 0 Å². The zero-order chi connectivity index (χ0) is 7.68. The molecule has 0 bridgehead atoms. The third kappa shape index (κ3) is 1.28. The van der Waals surface area contributed by atoms with E-state index in [1.807, 2.05) is 0 Å². The van der Waals surface area contributed by atoms with Crippen molar-refractivity contribution < 1.29 is 0 Å². The molecule has 11 heavy (non-hydrogen) atoms. The molecule has 0 radical (unpaired) electrons. The normalized spacial score (nSPS) is 10.6. The predicted octanol–water partition coefficient (Wildman–Crippen LogP) is 3.33. The maximum atomic E-state index is 4.22. The van der Waals surface area contributed by atoms with E-state index < -0.39 is 0 Å². The number of hydrogen-bond acceptors (Lipinski definition) is 2. The van der Waals surface area contributed by atoms with E-state index in [0.29, 0.717) is 0 Å². The van der Waals surface area contributed by atoms with Crippen molar-refractivity contribution in [2.24, 2.45) is 0 Å². The van der Waals surface area contributed by atoms with Gasteiger partial charge in [-0.2, -0.15) is 12.6 Å². The molecule has 1 aromatic carbocycles. The van der Waals surface area contributed by atoms with Gasteiger partial charge in [0.15, 0.2) is 0 Å². The highest BCUT2D eigenvalue weighted by Gasteiger charge is 1.94. The first-order valence-electron chi connectivity index (χ1n) is 3.47. The molecule has 0 aliphatic carbocycles. The monoisotopic (exact) mass is 180 g/mol. The minimum Gasteiger partial charge on any atom is -0.175 e. The highest BCUT2D eigenvalue weighted by Crippen LogP contribution is 2.22. The molecule has 2 aromatic rings. The van der Waals surface area contributed by atoms with E-state index in [0.717, 1.165) is 5.75 Å². The van der Waals surface area contributed by atoms with Crippen molar-refractivity contribution in [3.63, 3.8) is 0 Å². The Morgan fingerprint density at radius 2 is 2.18 bits per heavy atom.